The largest absolute Gasteiger partial charge is 0.0651 e. The summed E-state index contributed by atoms with van der Waals surface area (Å²) in [6, 6.07) is 0. The predicted molar refractivity (Wildman–Crippen MR) is 68.8 cm³/mol. The van der Waals surface area contributed by atoms with Gasteiger partial charge in [0, 0.05) is 0 Å². The van der Waals surface area contributed by atoms with Gasteiger partial charge in [-0.2, -0.15) is 0 Å². The summed E-state index contributed by atoms with van der Waals surface area (Å²) in [6.07, 6.45) is 3.65. The van der Waals surface area contributed by atoms with Gasteiger partial charge in [0.15, 0.2) is 0 Å². The molecule has 1 aromatic rings. The van der Waals surface area contributed by atoms with Gasteiger partial charge < -0.3 is 0 Å². The quantitative estimate of drug-likeness (QED) is 0.683. The number of benzene rings is 1. The van der Waals surface area contributed by atoms with E-state index < -0.39 is 0 Å². The maximum Gasteiger partial charge on any atom is -0.0276 e. The highest BCUT2D eigenvalue weighted by Crippen LogP contribution is 2.27. The fourth-order valence-electron chi connectivity index (χ4n) is 2.53. The lowest BCUT2D eigenvalue weighted by atomic mass is 9.86. The minimum Gasteiger partial charge on any atom is -0.0651 e. The average Bonchev–Trinajstić information content (AvgIpc) is 2.24. The van der Waals surface area contributed by atoms with E-state index in [1.54, 1.807) is 11.1 Å². The second kappa shape index (κ2) is 4.83. The Bertz CT molecular complexity index is 359. The Morgan fingerprint density at radius 1 is 0.667 bits per heavy atom. The van der Waals surface area contributed by atoms with E-state index >= 15 is 0 Å². The Hall–Kier alpha value is -0.780. The fourth-order valence-corrected chi connectivity index (χ4v) is 2.53. The van der Waals surface area contributed by atoms with Crippen LogP contribution in [-0.4, -0.2) is 0 Å². The third kappa shape index (κ3) is 2.09. The molecule has 0 saturated carbocycles. The van der Waals surface area contributed by atoms with Crippen LogP contribution in [-0.2, 0) is 12.8 Å². The van der Waals surface area contributed by atoms with Crippen LogP contribution in [0.5, 0.6) is 0 Å². The molecular formula is C15H24. The van der Waals surface area contributed by atoms with Crippen molar-refractivity contribution in [3.8, 4) is 0 Å². The summed E-state index contributed by atoms with van der Waals surface area (Å²) in [5.74, 6) is 0. The van der Waals surface area contributed by atoms with Crippen LogP contribution in [0.15, 0.2) is 0 Å². The molecule has 0 atom stereocenters. The smallest absolute Gasteiger partial charge is 0.0276 e. The van der Waals surface area contributed by atoms with Crippen LogP contribution >= 0.6 is 0 Å². The van der Waals surface area contributed by atoms with Gasteiger partial charge in [0.2, 0.25) is 0 Å². The molecule has 0 aliphatic heterocycles. The molecule has 0 saturated heterocycles. The van der Waals surface area contributed by atoms with Crippen LogP contribution in [0.2, 0.25) is 0 Å². The lowest BCUT2D eigenvalue weighted by Gasteiger charge is -2.19. The maximum absolute atomic E-state index is 2.28. The molecule has 0 aromatic heterocycles. The van der Waals surface area contributed by atoms with Crippen LogP contribution < -0.4 is 0 Å². The zero-order chi connectivity index (χ0) is 11.6. The second-order valence-corrected chi connectivity index (χ2v) is 4.56. The average molecular weight is 204 g/mol. The summed E-state index contributed by atoms with van der Waals surface area (Å²) in [5.41, 5.74) is 9.23. The Morgan fingerprint density at radius 2 is 1.13 bits per heavy atom. The van der Waals surface area contributed by atoms with E-state index in [9.17, 15) is 0 Å². The molecular weight excluding hydrogens is 180 g/mol. The zero-order valence-corrected chi connectivity index (χ0v) is 11.1. The fraction of sp³-hybridized carbons (Fsp3) is 0.600. The van der Waals surface area contributed by atoms with Gasteiger partial charge in [-0.1, -0.05) is 20.3 Å². The Morgan fingerprint density at radius 3 is 1.53 bits per heavy atom. The number of rotatable bonds is 3. The number of hydrogen-bond acceptors (Lipinski definition) is 0. The van der Waals surface area contributed by atoms with Crippen LogP contribution in [0.4, 0.5) is 0 Å². The molecule has 0 heteroatoms. The van der Waals surface area contributed by atoms with Crippen molar-refractivity contribution in [2.75, 3.05) is 0 Å². The summed E-state index contributed by atoms with van der Waals surface area (Å²) in [7, 11) is 0. The van der Waals surface area contributed by atoms with Crippen molar-refractivity contribution in [1.29, 1.82) is 0 Å². The van der Waals surface area contributed by atoms with Gasteiger partial charge in [-0.3, -0.25) is 0 Å². The Labute approximate surface area is 94.7 Å². The topological polar surface area (TPSA) is 0 Å². The SMILES string of the molecule is CCCc1c(C)c(C)c(C)c(C)c1CC. The first-order valence-electron chi connectivity index (χ1n) is 6.12. The van der Waals surface area contributed by atoms with Gasteiger partial charge in [0.25, 0.3) is 0 Å². The molecule has 0 amide bonds. The Balaban J connectivity index is 3.47. The molecule has 0 nitrogen and oxygen atoms in total. The molecule has 1 rings (SSSR count). The standard InChI is InChI=1S/C15H24/c1-7-9-15-13(6)11(4)10(3)12(5)14(15)8-2/h7-9H2,1-6H3. The second-order valence-electron chi connectivity index (χ2n) is 4.56. The lowest BCUT2D eigenvalue weighted by Crippen LogP contribution is -2.04. The molecule has 0 bridgehead atoms. The van der Waals surface area contributed by atoms with E-state index in [-0.39, 0.29) is 0 Å². The zero-order valence-electron chi connectivity index (χ0n) is 11.1. The van der Waals surface area contributed by atoms with Gasteiger partial charge in [-0.05, 0) is 73.9 Å². The minimum atomic E-state index is 1.17. The van der Waals surface area contributed by atoms with Crippen molar-refractivity contribution >= 4 is 0 Å². The van der Waals surface area contributed by atoms with Crippen LogP contribution in [0.3, 0.4) is 0 Å². The molecule has 84 valence electrons. The molecule has 15 heavy (non-hydrogen) atoms. The minimum absolute atomic E-state index is 1.17. The van der Waals surface area contributed by atoms with Gasteiger partial charge in [-0.15, -0.1) is 0 Å². The molecule has 0 radical (unpaired) electrons. The van der Waals surface area contributed by atoms with Crippen LogP contribution in [0.1, 0.15) is 53.6 Å². The molecule has 0 N–H and O–H groups in total. The van der Waals surface area contributed by atoms with Crippen molar-refractivity contribution in [2.45, 2.75) is 60.8 Å². The summed E-state index contributed by atoms with van der Waals surface area (Å²) < 4.78 is 0. The van der Waals surface area contributed by atoms with Gasteiger partial charge in [0.05, 0.1) is 0 Å². The Kier molecular flexibility index (Phi) is 3.96. The molecule has 0 unspecified atom stereocenters. The van der Waals surface area contributed by atoms with E-state index in [1.165, 1.54) is 41.5 Å². The van der Waals surface area contributed by atoms with E-state index in [2.05, 4.69) is 41.5 Å². The summed E-state index contributed by atoms with van der Waals surface area (Å²) >= 11 is 0. The third-order valence-corrected chi connectivity index (χ3v) is 3.81. The maximum atomic E-state index is 2.28. The van der Waals surface area contributed by atoms with Crippen molar-refractivity contribution in [3.63, 3.8) is 0 Å². The monoisotopic (exact) mass is 204 g/mol. The first-order chi connectivity index (χ1) is 7.04. The van der Waals surface area contributed by atoms with Crippen molar-refractivity contribution < 1.29 is 0 Å². The molecule has 0 aliphatic carbocycles. The number of hydrogen-bond donors (Lipinski definition) is 0. The van der Waals surface area contributed by atoms with Crippen molar-refractivity contribution in [3.05, 3.63) is 33.4 Å². The van der Waals surface area contributed by atoms with Crippen molar-refractivity contribution in [1.82, 2.24) is 0 Å². The predicted octanol–water partition coefficient (Wildman–Crippen LogP) is 4.44. The van der Waals surface area contributed by atoms with Gasteiger partial charge in [0.1, 0.15) is 0 Å². The molecule has 0 fully saturated rings. The first-order valence-corrected chi connectivity index (χ1v) is 6.12. The highest BCUT2D eigenvalue weighted by atomic mass is 14.2. The van der Waals surface area contributed by atoms with E-state index in [0.717, 1.165) is 0 Å². The summed E-state index contributed by atoms with van der Waals surface area (Å²) in [5, 5.41) is 0. The van der Waals surface area contributed by atoms with E-state index in [0.29, 0.717) is 0 Å². The van der Waals surface area contributed by atoms with Crippen molar-refractivity contribution in [2.24, 2.45) is 0 Å². The molecule has 0 heterocycles. The van der Waals surface area contributed by atoms with E-state index in [1.807, 2.05) is 0 Å². The lowest BCUT2D eigenvalue weighted by molar-refractivity contribution is 0.877. The molecule has 1 aromatic carbocycles. The summed E-state index contributed by atoms with van der Waals surface area (Å²) in [4.78, 5) is 0. The van der Waals surface area contributed by atoms with Crippen LogP contribution in [0.25, 0.3) is 0 Å². The molecule has 0 spiro atoms. The van der Waals surface area contributed by atoms with Gasteiger partial charge >= 0.3 is 0 Å². The highest BCUT2D eigenvalue weighted by molar-refractivity contribution is 5.50. The summed E-state index contributed by atoms with van der Waals surface area (Å²) in [6.45, 7) is 13.6. The van der Waals surface area contributed by atoms with E-state index in [4.69, 9.17) is 0 Å². The highest BCUT2D eigenvalue weighted by Gasteiger charge is 2.12. The van der Waals surface area contributed by atoms with Crippen LogP contribution in [0, 0.1) is 27.7 Å². The normalized spacial score (nSPS) is 10.8. The third-order valence-electron chi connectivity index (χ3n) is 3.81. The van der Waals surface area contributed by atoms with Gasteiger partial charge in [-0.25, -0.2) is 0 Å². The molecule has 0 aliphatic rings. The first kappa shape index (κ1) is 12.3.